The molecule has 0 unspecified atom stereocenters. The van der Waals surface area contributed by atoms with Gasteiger partial charge in [0.15, 0.2) is 0 Å². The maximum absolute atomic E-state index is 13.1. The van der Waals surface area contributed by atoms with Crippen molar-refractivity contribution in [3.8, 4) is 11.5 Å². The number of nitro groups is 1. The summed E-state index contributed by atoms with van der Waals surface area (Å²) in [7, 11) is 0. The number of anilines is 1. The van der Waals surface area contributed by atoms with Crippen molar-refractivity contribution in [2.75, 3.05) is 4.90 Å². The first kappa shape index (κ1) is 19.3. The number of rotatable bonds is 4. The number of imide groups is 1. The predicted octanol–water partition coefficient (Wildman–Crippen LogP) is 5.11. The molecule has 1 aliphatic heterocycles. The molecule has 150 valence electrons. The van der Waals surface area contributed by atoms with Crippen LogP contribution in [0.1, 0.15) is 37.4 Å². The van der Waals surface area contributed by atoms with E-state index in [-0.39, 0.29) is 17.2 Å². The fourth-order valence-electron chi connectivity index (χ4n) is 3.78. The Morgan fingerprint density at radius 1 is 0.800 bits per heavy atom. The van der Waals surface area contributed by atoms with E-state index in [0.29, 0.717) is 22.7 Å². The number of nitro benzene ring substituents is 1. The first-order valence-corrected chi connectivity index (χ1v) is 9.29. The quantitative estimate of drug-likeness (QED) is 0.343. The Balaban J connectivity index is 1.66. The maximum atomic E-state index is 13.1. The molecule has 0 radical (unpaired) electrons. The van der Waals surface area contributed by atoms with E-state index in [9.17, 15) is 19.7 Å². The number of carbonyl (C=O) groups is 2. The highest BCUT2D eigenvalue weighted by Gasteiger charge is 2.38. The van der Waals surface area contributed by atoms with Crippen LogP contribution in [-0.4, -0.2) is 16.7 Å². The fourth-order valence-corrected chi connectivity index (χ4v) is 3.78. The summed E-state index contributed by atoms with van der Waals surface area (Å²) in [5.41, 5.74) is 3.90. The SMILES string of the molecule is Cc1cc(C)c(N2C(=O)c3ccc(Oc4ccc([N+](=O)[O-])cc4)cc3C2=O)c(C)c1. The van der Waals surface area contributed by atoms with Gasteiger partial charge in [-0.1, -0.05) is 17.7 Å². The predicted molar refractivity (Wildman–Crippen MR) is 111 cm³/mol. The highest BCUT2D eigenvalue weighted by molar-refractivity contribution is 6.35. The van der Waals surface area contributed by atoms with E-state index in [1.165, 1.54) is 35.2 Å². The molecule has 30 heavy (non-hydrogen) atoms. The molecule has 0 N–H and O–H groups in total. The van der Waals surface area contributed by atoms with Crippen molar-refractivity contribution in [1.29, 1.82) is 0 Å². The largest absolute Gasteiger partial charge is 0.457 e. The van der Waals surface area contributed by atoms with Gasteiger partial charge in [-0.25, -0.2) is 4.90 Å². The van der Waals surface area contributed by atoms with E-state index in [1.807, 2.05) is 32.9 Å². The van der Waals surface area contributed by atoms with E-state index in [2.05, 4.69) is 0 Å². The fraction of sp³-hybridized carbons (Fsp3) is 0.130. The Bertz CT molecular complexity index is 1190. The topological polar surface area (TPSA) is 89.8 Å². The molecule has 3 aromatic rings. The first-order chi connectivity index (χ1) is 14.3. The molecule has 1 heterocycles. The van der Waals surface area contributed by atoms with E-state index >= 15 is 0 Å². The van der Waals surface area contributed by atoms with Gasteiger partial charge in [-0.2, -0.15) is 0 Å². The lowest BCUT2D eigenvalue weighted by Crippen LogP contribution is -2.30. The van der Waals surface area contributed by atoms with Crippen LogP contribution in [0.15, 0.2) is 54.6 Å². The number of fused-ring (bicyclic) bond motifs is 1. The van der Waals surface area contributed by atoms with Gasteiger partial charge >= 0.3 is 0 Å². The zero-order chi connectivity index (χ0) is 21.6. The molecule has 7 heteroatoms. The monoisotopic (exact) mass is 402 g/mol. The van der Waals surface area contributed by atoms with E-state index in [4.69, 9.17) is 4.74 Å². The summed E-state index contributed by atoms with van der Waals surface area (Å²) in [5.74, 6) is -0.0199. The third kappa shape index (κ3) is 3.20. The molecule has 7 nitrogen and oxygen atoms in total. The zero-order valence-corrected chi connectivity index (χ0v) is 16.6. The van der Waals surface area contributed by atoms with Crippen molar-refractivity contribution in [2.45, 2.75) is 20.8 Å². The molecule has 0 saturated carbocycles. The van der Waals surface area contributed by atoms with Crippen molar-refractivity contribution >= 4 is 23.2 Å². The van der Waals surface area contributed by atoms with Crippen molar-refractivity contribution in [2.24, 2.45) is 0 Å². The second-order valence-corrected chi connectivity index (χ2v) is 7.25. The smallest absolute Gasteiger partial charge is 0.269 e. The normalized spacial score (nSPS) is 12.8. The number of ether oxygens (including phenoxy) is 1. The van der Waals surface area contributed by atoms with E-state index in [0.717, 1.165) is 16.7 Å². The number of nitrogens with zero attached hydrogens (tertiary/aromatic N) is 2. The second-order valence-electron chi connectivity index (χ2n) is 7.25. The first-order valence-electron chi connectivity index (χ1n) is 9.29. The van der Waals surface area contributed by atoms with Crippen LogP contribution in [0.4, 0.5) is 11.4 Å². The van der Waals surface area contributed by atoms with Crippen LogP contribution >= 0.6 is 0 Å². The molecule has 0 atom stereocenters. The Hall–Kier alpha value is -4.00. The number of hydrogen-bond donors (Lipinski definition) is 0. The number of non-ortho nitro benzene ring substituents is 1. The molecule has 4 rings (SSSR count). The summed E-state index contributed by atoms with van der Waals surface area (Å²) in [6, 6.07) is 14.2. The van der Waals surface area contributed by atoms with Crippen LogP contribution in [0.5, 0.6) is 11.5 Å². The molecule has 0 spiro atoms. The van der Waals surface area contributed by atoms with Crippen molar-refractivity contribution in [3.63, 3.8) is 0 Å². The summed E-state index contributed by atoms with van der Waals surface area (Å²) in [6.07, 6.45) is 0. The van der Waals surface area contributed by atoms with Crippen LogP contribution in [0, 0.1) is 30.9 Å². The van der Waals surface area contributed by atoms with Gasteiger partial charge in [-0.15, -0.1) is 0 Å². The number of hydrogen-bond acceptors (Lipinski definition) is 5. The third-order valence-electron chi connectivity index (χ3n) is 5.00. The highest BCUT2D eigenvalue weighted by Crippen LogP contribution is 2.36. The van der Waals surface area contributed by atoms with Gasteiger partial charge in [-0.05, 0) is 62.2 Å². The minimum absolute atomic E-state index is 0.0449. The van der Waals surface area contributed by atoms with E-state index < -0.39 is 10.8 Å². The highest BCUT2D eigenvalue weighted by atomic mass is 16.6. The molecule has 0 saturated heterocycles. The van der Waals surface area contributed by atoms with Gasteiger partial charge in [0, 0.05) is 12.1 Å². The van der Waals surface area contributed by atoms with Gasteiger partial charge < -0.3 is 4.74 Å². The Morgan fingerprint density at radius 3 is 1.97 bits per heavy atom. The molecule has 1 aliphatic rings. The number of aryl methyl sites for hydroxylation is 3. The summed E-state index contributed by atoms with van der Waals surface area (Å²) in [5, 5.41) is 10.8. The lowest BCUT2D eigenvalue weighted by molar-refractivity contribution is -0.384. The second kappa shape index (κ2) is 7.11. The minimum atomic E-state index is -0.493. The van der Waals surface area contributed by atoms with Crippen LogP contribution in [-0.2, 0) is 0 Å². The average Bonchev–Trinajstić information content (AvgIpc) is 2.92. The van der Waals surface area contributed by atoms with Gasteiger partial charge in [0.2, 0.25) is 0 Å². The maximum Gasteiger partial charge on any atom is 0.269 e. The molecular formula is C23H18N2O5. The molecule has 3 aromatic carbocycles. The average molecular weight is 402 g/mol. The number of benzene rings is 3. The molecular weight excluding hydrogens is 384 g/mol. The van der Waals surface area contributed by atoms with Gasteiger partial charge in [0.25, 0.3) is 17.5 Å². The molecule has 2 amide bonds. The van der Waals surface area contributed by atoms with Crippen molar-refractivity contribution in [3.05, 3.63) is 92.5 Å². The summed E-state index contributed by atoms with van der Waals surface area (Å²) >= 11 is 0. The lowest BCUT2D eigenvalue weighted by atomic mass is 10.0. The number of carbonyl (C=O) groups excluding carboxylic acids is 2. The standard InChI is InChI=1S/C23H18N2O5/c1-13-10-14(2)21(15(3)11-13)24-22(26)19-9-8-18(12-20(19)23(24)27)30-17-6-4-16(5-7-17)25(28)29/h4-12H,1-3H3. The zero-order valence-electron chi connectivity index (χ0n) is 16.6. The molecule has 0 bridgehead atoms. The lowest BCUT2D eigenvalue weighted by Gasteiger charge is -2.20. The van der Waals surface area contributed by atoms with Crippen molar-refractivity contribution < 1.29 is 19.2 Å². The van der Waals surface area contributed by atoms with Crippen LogP contribution in [0.3, 0.4) is 0 Å². The van der Waals surface area contributed by atoms with E-state index in [1.54, 1.807) is 12.1 Å². The number of amides is 2. The third-order valence-corrected chi connectivity index (χ3v) is 5.00. The van der Waals surface area contributed by atoms with Crippen LogP contribution in [0.2, 0.25) is 0 Å². The molecule has 0 aliphatic carbocycles. The van der Waals surface area contributed by atoms with Gasteiger partial charge in [-0.3, -0.25) is 19.7 Å². The summed E-state index contributed by atoms with van der Waals surface area (Å²) in [6.45, 7) is 5.72. The Morgan fingerprint density at radius 2 is 1.37 bits per heavy atom. The summed E-state index contributed by atoms with van der Waals surface area (Å²) in [4.78, 5) is 37.6. The van der Waals surface area contributed by atoms with Crippen LogP contribution < -0.4 is 9.64 Å². The Labute approximate surface area is 172 Å². The molecule has 0 fully saturated rings. The van der Waals surface area contributed by atoms with Gasteiger partial charge in [0.05, 0.1) is 21.7 Å². The minimum Gasteiger partial charge on any atom is -0.457 e. The summed E-state index contributed by atoms with van der Waals surface area (Å²) < 4.78 is 5.72. The van der Waals surface area contributed by atoms with Crippen molar-refractivity contribution in [1.82, 2.24) is 0 Å². The Kier molecular flexibility index (Phi) is 4.58. The van der Waals surface area contributed by atoms with Gasteiger partial charge in [0.1, 0.15) is 11.5 Å². The van der Waals surface area contributed by atoms with Crippen LogP contribution in [0.25, 0.3) is 0 Å². The molecule has 0 aromatic heterocycles.